The van der Waals surface area contributed by atoms with E-state index >= 15 is 0 Å². The Bertz CT molecular complexity index is 1010. The van der Waals surface area contributed by atoms with Crippen LogP contribution in [0.2, 0.25) is 0 Å². The number of likely N-dealkylation sites (tertiary alicyclic amines) is 1. The summed E-state index contributed by atoms with van der Waals surface area (Å²) in [5.41, 5.74) is -0.491. The van der Waals surface area contributed by atoms with Gasteiger partial charge in [-0.15, -0.1) is 0 Å². The number of imide groups is 1. The third kappa shape index (κ3) is 5.12. The summed E-state index contributed by atoms with van der Waals surface area (Å²) in [5, 5.41) is 0. The Kier molecular flexibility index (Phi) is 7.26. The van der Waals surface area contributed by atoms with Crippen molar-refractivity contribution in [2.75, 3.05) is 26.2 Å². The predicted octanol–water partition coefficient (Wildman–Crippen LogP) is 2.57. The van der Waals surface area contributed by atoms with Gasteiger partial charge in [0.15, 0.2) is 0 Å². The maximum Gasteiger partial charge on any atom is 0.240 e. The van der Waals surface area contributed by atoms with E-state index in [-0.39, 0.29) is 49.3 Å². The quantitative estimate of drug-likeness (QED) is 0.440. The number of pyridine rings is 1. The number of carbonyl (C=O) groups excluding carboxylic acids is 3. The van der Waals surface area contributed by atoms with Gasteiger partial charge in [0.2, 0.25) is 17.7 Å². The minimum Gasteiger partial charge on any atom is -0.492 e. The molecule has 3 amide bonds. The Morgan fingerprint density at radius 3 is 2.53 bits per heavy atom. The zero-order valence-electron chi connectivity index (χ0n) is 19.7. The number of benzene rings is 1. The SMILES string of the molecule is C[C@@H]1CN(C(=O)C[C@]2(c3ccccc3)CC(=O)N(CCCOc3cccnc3)C2=O)C[C@H](C)O1. The zero-order chi connectivity index (χ0) is 24.1. The molecule has 180 valence electrons. The number of aromatic nitrogens is 1. The van der Waals surface area contributed by atoms with Gasteiger partial charge < -0.3 is 14.4 Å². The molecule has 0 unspecified atom stereocenters. The Labute approximate surface area is 199 Å². The van der Waals surface area contributed by atoms with Crippen molar-refractivity contribution in [1.29, 1.82) is 0 Å². The highest BCUT2D eigenvalue weighted by Gasteiger charge is 2.54. The summed E-state index contributed by atoms with van der Waals surface area (Å²) < 4.78 is 11.4. The van der Waals surface area contributed by atoms with E-state index in [1.807, 2.05) is 44.2 Å². The summed E-state index contributed by atoms with van der Waals surface area (Å²) >= 11 is 0. The van der Waals surface area contributed by atoms with Crippen LogP contribution >= 0.6 is 0 Å². The van der Waals surface area contributed by atoms with Crippen molar-refractivity contribution < 1.29 is 23.9 Å². The van der Waals surface area contributed by atoms with Gasteiger partial charge in [-0.05, 0) is 38.0 Å². The van der Waals surface area contributed by atoms with Crippen LogP contribution in [0, 0.1) is 0 Å². The second kappa shape index (κ2) is 10.3. The number of rotatable bonds is 8. The summed E-state index contributed by atoms with van der Waals surface area (Å²) in [6, 6.07) is 12.8. The molecule has 0 aliphatic carbocycles. The molecule has 34 heavy (non-hydrogen) atoms. The van der Waals surface area contributed by atoms with Crippen molar-refractivity contribution in [3.63, 3.8) is 0 Å². The molecule has 2 aliphatic rings. The van der Waals surface area contributed by atoms with E-state index in [0.29, 0.717) is 37.4 Å². The molecular formula is C26H31N3O5. The zero-order valence-corrected chi connectivity index (χ0v) is 19.7. The lowest BCUT2D eigenvalue weighted by Crippen LogP contribution is -2.50. The standard InChI is InChI=1S/C26H31N3O5/c1-19-17-28(18-20(2)34-19)23(30)14-26(21-8-4-3-5-9-21)15-24(31)29(25(26)32)12-7-13-33-22-10-6-11-27-16-22/h3-6,8-11,16,19-20H,7,12-15,17-18H2,1-2H3/t19-,20+,26-/m1/s1. The molecule has 2 saturated heterocycles. The number of carbonyl (C=O) groups is 3. The Hall–Kier alpha value is -3.26. The second-order valence-corrected chi connectivity index (χ2v) is 9.10. The van der Waals surface area contributed by atoms with E-state index in [4.69, 9.17) is 9.47 Å². The molecule has 0 spiro atoms. The van der Waals surface area contributed by atoms with Crippen molar-refractivity contribution >= 4 is 17.7 Å². The first kappa shape index (κ1) is 23.9. The van der Waals surface area contributed by atoms with Crippen LogP contribution in [0.5, 0.6) is 5.75 Å². The first-order chi connectivity index (χ1) is 16.4. The maximum atomic E-state index is 13.7. The maximum absolute atomic E-state index is 13.7. The molecule has 3 atom stereocenters. The number of hydrogen-bond donors (Lipinski definition) is 0. The summed E-state index contributed by atoms with van der Waals surface area (Å²) in [5.74, 6) is -0.0620. The van der Waals surface area contributed by atoms with Crippen molar-refractivity contribution in [2.45, 2.75) is 50.7 Å². The molecule has 2 aromatic rings. The highest BCUT2D eigenvalue weighted by Crippen LogP contribution is 2.40. The molecule has 8 nitrogen and oxygen atoms in total. The molecule has 0 saturated carbocycles. The van der Waals surface area contributed by atoms with Gasteiger partial charge in [-0.25, -0.2) is 0 Å². The molecule has 0 N–H and O–H groups in total. The molecule has 0 radical (unpaired) electrons. The smallest absolute Gasteiger partial charge is 0.240 e. The fourth-order valence-electron chi connectivity index (χ4n) is 4.85. The number of amides is 3. The van der Waals surface area contributed by atoms with Gasteiger partial charge in [0.05, 0.1) is 30.4 Å². The lowest BCUT2D eigenvalue weighted by molar-refractivity contribution is -0.148. The predicted molar refractivity (Wildman–Crippen MR) is 125 cm³/mol. The lowest BCUT2D eigenvalue weighted by atomic mass is 9.75. The van der Waals surface area contributed by atoms with Crippen LogP contribution < -0.4 is 4.74 Å². The number of ether oxygens (including phenoxy) is 2. The topological polar surface area (TPSA) is 89.0 Å². The summed E-state index contributed by atoms with van der Waals surface area (Å²) in [6.45, 7) is 5.41. The average Bonchev–Trinajstić information content (AvgIpc) is 3.07. The molecular weight excluding hydrogens is 434 g/mol. The van der Waals surface area contributed by atoms with Crippen LogP contribution in [-0.4, -0.2) is 71.0 Å². The molecule has 8 heteroatoms. The molecule has 4 rings (SSSR count). The van der Waals surface area contributed by atoms with E-state index < -0.39 is 5.41 Å². The van der Waals surface area contributed by atoms with Crippen LogP contribution in [0.25, 0.3) is 0 Å². The van der Waals surface area contributed by atoms with Crippen molar-refractivity contribution in [3.8, 4) is 5.75 Å². The van der Waals surface area contributed by atoms with E-state index in [9.17, 15) is 14.4 Å². The highest BCUT2D eigenvalue weighted by molar-refractivity contribution is 6.10. The Balaban J connectivity index is 1.48. The van der Waals surface area contributed by atoms with Crippen molar-refractivity contribution in [3.05, 3.63) is 60.4 Å². The first-order valence-electron chi connectivity index (χ1n) is 11.8. The lowest BCUT2D eigenvalue weighted by Gasteiger charge is -2.37. The van der Waals surface area contributed by atoms with Crippen LogP contribution in [0.4, 0.5) is 0 Å². The van der Waals surface area contributed by atoms with E-state index in [1.165, 1.54) is 4.90 Å². The van der Waals surface area contributed by atoms with Crippen LogP contribution in [0.1, 0.15) is 38.7 Å². The third-order valence-corrected chi connectivity index (χ3v) is 6.39. The molecule has 1 aromatic heterocycles. The average molecular weight is 466 g/mol. The van der Waals surface area contributed by atoms with Crippen molar-refractivity contribution in [1.82, 2.24) is 14.8 Å². The summed E-state index contributed by atoms with van der Waals surface area (Å²) in [7, 11) is 0. The number of morpholine rings is 1. The fourth-order valence-corrected chi connectivity index (χ4v) is 4.85. The van der Waals surface area contributed by atoms with Gasteiger partial charge in [0, 0.05) is 38.7 Å². The monoisotopic (exact) mass is 465 g/mol. The molecule has 2 aliphatic heterocycles. The van der Waals surface area contributed by atoms with Crippen LogP contribution in [0.3, 0.4) is 0 Å². The van der Waals surface area contributed by atoms with Crippen LogP contribution in [0.15, 0.2) is 54.9 Å². The Morgan fingerprint density at radius 1 is 1.12 bits per heavy atom. The minimum atomic E-state index is -1.19. The summed E-state index contributed by atoms with van der Waals surface area (Å²) in [4.78, 5) is 47.1. The first-order valence-corrected chi connectivity index (χ1v) is 11.8. The summed E-state index contributed by atoms with van der Waals surface area (Å²) in [6.07, 6.45) is 3.58. The molecule has 2 fully saturated rings. The third-order valence-electron chi connectivity index (χ3n) is 6.39. The van der Waals surface area contributed by atoms with Gasteiger partial charge >= 0.3 is 0 Å². The normalized spacial score (nSPS) is 25.0. The van der Waals surface area contributed by atoms with E-state index in [0.717, 1.165) is 0 Å². The second-order valence-electron chi connectivity index (χ2n) is 9.10. The Morgan fingerprint density at radius 2 is 1.85 bits per heavy atom. The van der Waals surface area contributed by atoms with Crippen LogP contribution in [-0.2, 0) is 24.5 Å². The fraction of sp³-hybridized carbons (Fsp3) is 0.462. The molecule has 3 heterocycles. The van der Waals surface area contributed by atoms with Gasteiger partial charge in [0.1, 0.15) is 5.75 Å². The van der Waals surface area contributed by atoms with Gasteiger partial charge in [0.25, 0.3) is 0 Å². The molecule has 1 aromatic carbocycles. The highest BCUT2D eigenvalue weighted by atomic mass is 16.5. The van der Waals surface area contributed by atoms with Crippen molar-refractivity contribution in [2.24, 2.45) is 0 Å². The van der Waals surface area contributed by atoms with E-state index in [1.54, 1.807) is 29.4 Å². The number of nitrogens with zero attached hydrogens (tertiary/aromatic N) is 3. The van der Waals surface area contributed by atoms with E-state index in [2.05, 4.69) is 4.98 Å². The molecule has 0 bridgehead atoms. The number of hydrogen-bond acceptors (Lipinski definition) is 6. The minimum absolute atomic E-state index is 0.0134. The van der Waals surface area contributed by atoms with Gasteiger partial charge in [-0.3, -0.25) is 24.3 Å². The van der Waals surface area contributed by atoms with Gasteiger partial charge in [-0.2, -0.15) is 0 Å². The largest absolute Gasteiger partial charge is 0.492 e. The van der Waals surface area contributed by atoms with Gasteiger partial charge in [-0.1, -0.05) is 30.3 Å².